The number of hydrogen-bond donors (Lipinski definition) is 1. The van der Waals surface area contributed by atoms with Gasteiger partial charge in [-0.1, -0.05) is 0 Å². The van der Waals surface area contributed by atoms with Crippen LogP contribution in [0.2, 0.25) is 0 Å². The molecule has 1 heterocycles. The molecule has 0 aromatic rings. The van der Waals surface area contributed by atoms with E-state index in [9.17, 15) is 0 Å². The Balaban J connectivity index is 1.99. The van der Waals surface area contributed by atoms with Crippen LogP contribution in [0.3, 0.4) is 0 Å². The molecule has 2 nitrogen and oxygen atoms in total. The molecular formula is C13H28N2S. The molecule has 0 aromatic heterocycles. The summed E-state index contributed by atoms with van der Waals surface area (Å²) >= 11 is 1.96. The third kappa shape index (κ3) is 5.55. The number of unbranched alkanes of at least 4 members (excludes halogenated alkanes) is 1. The first-order chi connectivity index (χ1) is 7.74. The topological polar surface area (TPSA) is 15.3 Å². The lowest BCUT2D eigenvalue weighted by atomic mass is 10.0. The lowest BCUT2D eigenvalue weighted by molar-refractivity contribution is 0.161. The van der Waals surface area contributed by atoms with E-state index in [4.69, 9.17) is 0 Å². The Morgan fingerprint density at radius 1 is 1.25 bits per heavy atom. The summed E-state index contributed by atoms with van der Waals surface area (Å²) in [4.78, 5) is 2.59. The van der Waals surface area contributed by atoms with E-state index in [1.165, 1.54) is 51.1 Å². The van der Waals surface area contributed by atoms with Crippen LogP contribution >= 0.6 is 11.8 Å². The number of nitrogens with one attached hydrogen (secondary N) is 1. The molecule has 1 saturated heterocycles. The maximum absolute atomic E-state index is 3.70. The second-order valence-electron chi connectivity index (χ2n) is 5.06. The maximum Gasteiger partial charge on any atom is 0.00914 e. The number of hydrogen-bond acceptors (Lipinski definition) is 3. The second-order valence-corrected chi connectivity index (χ2v) is 6.04. The average molecular weight is 244 g/mol. The van der Waals surface area contributed by atoms with Crippen molar-refractivity contribution < 1.29 is 0 Å². The molecule has 0 radical (unpaired) electrons. The molecule has 0 spiro atoms. The summed E-state index contributed by atoms with van der Waals surface area (Å²) in [7, 11) is 0. The van der Waals surface area contributed by atoms with E-state index in [0.717, 1.165) is 12.1 Å². The van der Waals surface area contributed by atoms with Crippen molar-refractivity contribution >= 4 is 11.8 Å². The van der Waals surface area contributed by atoms with E-state index in [1.54, 1.807) is 0 Å². The number of rotatable bonds is 7. The predicted octanol–water partition coefficient (Wildman–Crippen LogP) is 2.59. The molecule has 1 aliphatic rings. The van der Waals surface area contributed by atoms with Crippen LogP contribution in [0.15, 0.2) is 0 Å². The summed E-state index contributed by atoms with van der Waals surface area (Å²) in [5, 5.41) is 3.70. The largest absolute Gasteiger partial charge is 0.314 e. The lowest BCUT2D eigenvalue weighted by Gasteiger charge is -2.35. The minimum Gasteiger partial charge on any atom is -0.314 e. The van der Waals surface area contributed by atoms with Crippen molar-refractivity contribution in [3.05, 3.63) is 0 Å². The highest BCUT2D eigenvalue weighted by Gasteiger charge is 2.19. The zero-order valence-electron chi connectivity index (χ0n) is 11.2. The van der Waals surface area contributed by atoms with E-state index >= 15 is 0 Å². The summed E-state index contributed by atoms with van der Waals surface area (Å²) in [6, 6.07) is 1.51. The van der Waals surface area contributed by atoms with Gasteiger partial charge in [0.15, 0.2) is 0 Å². The smallest absolute Gasteiger partial charge is 0.00914 e. The van der Waals surface area contributed by atoms with E-state index in [2.05, 4.69) is 30.3 Å². The van der Waals surface area contributed by atoms with Gasteiger partial charge < -0.3 is 10.2 Å². The maximum atomic E-state index is 3.70. The fourth-order valence-electron chi connectivity index (χ4n) is 2.30. The van der Waals surface area contributed by atoms with E-state index in [1.807, 2.05) is 11.8 Å². The second kappa shape index (κ2) is 8.37. The SMILES string of the molecule is CSCCCCNC1CCN(C(C)C)CC1. The Kier molecular flexibility index (Phi) is 7.50. The third-order valence-electron chi connectivity index (χ3n) is 3.47. The molecule has 96 valence electrons. The van der Waals surface area contributed by atoms with Crippen LogP contribution in [0, 0.1) is 0 Å². The van der Waals surface area contributed by atoms with Crippen LogP contribution in [0.4, 0.5) is 0 Å². The molecule has 0 unspecified atom stereocenters. The van der Waals surface area contributed by atoms with Gasteiger partial charge in [0.1, 0.15) is 0 Å². The number of likely N-dealkylation sites (tertiary alicyclic amines) is 1. The number of piperidine rings is 1. The van der Waals surface area contributed by atoms with Crippen molar-refractivity contribution in [2.45, 2.75) is 51.6 Å². The van der Waals surface area contributed by atoms with Gasteiger partial charge in [-0.2, -0.15) is 11.8 Å². The van der Waals surface area contributed by atoms with Crippen LogP contribution in [0.25, 0.3) is 0 Å². The molecule has 0 atom stereocenters. The van der Waals surface area contributed by atoms with Crippen LogP contribution in [-0.4, -0.2) is 48.6 Å². The van der Waals surface area contributed by atoms with Gasteiger partial charge in [0, 0.05) is 12.1 Å². The molecule has 0 aromatic carbocycles. The van der Waals surface area contributed by atoms with Crippen LogP contribution in [0.1, 0.15) is 39.5 Å². The van der Waals surface area contributed by atoms with Crippen LogP contribution in [0.5, 0.6) is 0 Å². The van der Waals surface area contributed by atoms with E-state index in [0.29, 0.717) is 0 Å². The standard InChI is InChI=1S/C13H28N2S/c1-12(2)15-9-6-13(7-10-15)14-8-4-5-11-16-3/h12-14H,4-11H2,1-3H3. The van der Waals surface area contributed by atoms with Crippen molar-refractivity contribution in [1.82, 2.24) is 10.2 Å². The Morgan fingerprint density at radius 2 is 1.94 bits per heavy atom. The molecule has 1 aliphatic heterocycles. The molecular weight excluding hydrogens is 216 g/mol. The molecule has 0 saturated carbocycles. The first-order valence-electron chi connectivity index (χ1n) is 6.70. The van der Waals surface area contributed by atoms with Gasteiger partial charge in [-0.05, 0) is 71.2 Å². The fraction of sp³-hybridized carbons (Fsp3) is 1.00. The zero-order valence-corrected chi connectivity index (χ0v) is 12.0. The molecule has 16 heavy (non-hydrogen) atoms. The van der Waals surface area contributed by atoms with Crippen molar-refractivity contribution in [2.75, 3.05) is 31.6 Å². The molecule has 3 heteroatoms. The Morgan fingerprint density at radius 3 is 2.50 bits per heavy atom. The molecule has 1 rings (SSSR count). The van der Waals surface area contributed by atoms with Gasteiger partial charge in [-0.25, -0.2) is 0 Å². The highest BCUT2D eigenvalue weighted by atomic mass is 32.2. The Bertz CT molecular complexity index is 165. The minimum atomic E-state index is 0.725. The van der Waals surface area contributed by atoms with Gasteiger partial charge in [-0.15, -0.1) is 0 Å². The summed E-state index contributed by atoms with van der Waals surface area (Å²) in [6.45, 7) is 8.37. The summed E-state index contributed by atoms with van der Waals surface area (Å²) < 4.78 is 0. The van der Waals surface area contributed by atoms with Gasteiger partial charge in [-0.3, -0.25) is 0 Å². The first-order valence-corrected chi connectivity index (χ1v) is 8.09. The molecule has 0 bridgehead atoms. The van der Waals surface area contributed by atoms with Crippen molar-refractivity contribution in [2.24, 2.45) is 0 Å². The van der Waals surface area contributed by atoms with E-state index in [-0.39, 0.29) is 0 Å². The van der Waals surface area contributed by atoms with Gasteiger partial charge in [0.05, 0.1) is 0 Å². The molecule has 0 amide bonds. The predicted molar refractivity (Wildman–Crippen MR) is 75.3 cm³/mol. The summed E-state index contributed by atoms with van der Waals surface area (Å²) in [5.74, 6) is 1.31. The van der Waals surface area contributed by atoms with Gasteiger partial charge in [0.2, 0.25) is 0 Å². The Labute approximate surface area is 106 Å². The lowest BCUT2D eigenvalue weighted by Crippen LogP contribution is -2.45. The quantitative estimate of drug-likeness (QED) is 0.693. The molecule has 1 fully saturated rings. The van der Waals surface area contributed by atoms with Crippen molar-refractivity contribution in [3.8, 4) is 0 Å². The molecule has 1 N–H and O–H groups in total. The minimum absolute atomic E-state index is 0.725. The number of thioether (sulfide) groups is 1. The highest BCUT2D eigenvalue weighted by Crippen LogP contribution is 2.12. The highest BCUT2D eigenvalue weighted by molar-refractivity contribution is 7.98. The van der Waals surface area contributed by atoms with Gasteiger partial charge in [0.25, 0.3) is 0 Å². The van der Waals surface area contributed by atoms with Crippen LogP contribution in [-0.2, 0) is 0 Å². The first kappa shape index (κ1) is 14.3. The zero-order chi connectivity index (χ0) is 11.8. The number of nitrogens with zero attached hydrogens (tertiary/aromatic N) is 1. The molecule has 0 aliphatic carbocycles. The third-order valence-corrected chi connectivity index (χ3v) is 4.17. The van der Waals surface area contributed by atoms with Crippen LogP contribution < -0.4 is 5.32 Å². The normalized spacial score (nSPS) is 19.5. The summed E-state index contributed by atoms with van der Waals surface area (Å²) in [5.41, 5.74) is 0. The summed E-state index contributed by atoms with van der Waals surface area (Å²) in [6.07, 6.45) is 7.56. The van der Waals surface area contributed by atoms with Crippen molar-refractivity contribution in [3.63, 3.8) is 0 Å². The Hall–Kier alpha value is 0.270. The van der Waals surface area contributed by atoms with Gasteiger partial charge >= 0.3 is 0 Å². The fourth-order valence-corrected chi connectivity index (χ4v) is 2.79. The monoisotopic (exact) mass is 244 g/mol. The average Bonchev–Trinajstić information content (AvgIpc) is 2.29. The van der Waals surface area contributed by atoms with Crippen molar-refractivity contribution in [1.29, 1.82) is 0 Å². The van der Waals surface area contributed by atoms with E-state index < -0.39 is 0 Å².